The summed E-state index contributed by atoms with van der Waals surface area (Å²) in [6, 6.07) is 1.48. The van der Waals surface area contributed by atoms with Crippen LogP contribution in [0.2, 0.25) is 0 Å². The molecule has 0 fully saturated rings. The van der Waals surface area contributed by atoms with Crippen LogP contribution in [0.25, 0.3) is 0 Å². The van der Waals surface area contributed by atoms with Crippen molar-refractivity contribution >= 4 is 16.0 Å². The molecule has 0 aromatic heterocycles. The van der Waals surface area contributed by atoms with Gasteiger partial charge < -0.3 is 9.84 Å². The van der Waals surface area contributed by atoms with Crippen molar-refractivity contribution in [3.8, 4) is 6.07 Å². The van der Waals surface area contributed by atoms with E-state index in [1.54, 1.807) is 0 Å². The van der Waals surface area contributed by atoms with Gasteiger partial charge in [0.2, 0.25) is 10.0 Å². The predicted octanol–water partition coefficient (Wildman–Crippen LogP) is -1.08. The van der Waals surface area contributed by atoms with E-state index in [-0.39, 0.29) is 13.0 Å². The van der Waals surface area contributed by atoms with Crippen molar-refractivity contribution in [1.82, 2.24) is 4.72 Å². The molecule has 1 atom stereocenters. The fourth-order valence-corrected chi connectivity index (χ4v) is 1.50. The summed E-state index contributed by atoms with van der Waals surface area (Å²) in [5.41, 5.74) is 0. The number of rotatable bonds is 7. The van der Waals surface area contributed by atoms with E-state index in [0.29, 0.717) is 0 Å². The van der Waals surface area contributed by atoms with Crippen LogP contribution in [0.5, 0.6) is 0 Å². The van der Waals surface area contributed by atoms with E-state index in [1.807, 2.05) is 0 Å². The van der Waals surface area contributed by atoms with Crippen molar-refractivity contribution in [3.05, 3.63) is 0 Å². The van der Waals surface area contributed by atoms with Crippen LogP contribution in [0.4, 0.5) is 0 Å². The second-order valence-electron chi connectivity index (χ2n) is 2.72. The molecule has 0 amide bonds. The van der Waals surface area contributed by atoms with Crippen LogP contribution in [0.15, 0.2) is 0 Å². The number of carboxylic acids is 1. The largest absolute Gasteiger partial charge is 0.481 e. The Bertz CT molecular complexity index is 345. The van der Waals surface area contributed by atoms with Gasteiger partial charge in [0.05, 0.1) is 18.6 Å². The van der Waals surface area contributed by atoms with Crippen LogP contribution < -0.4 is 4.72 Å². The highest BCUT2D eigenvalue weighted by Crippen LogP contribution is 1.96. The van der Waals surface area contributed by atoms with Crippen molar-refractivity contribution in [1.29, 1.82) is 5.26 Å². The molecule has 8 heteroatoms. The first-order valence-electron chi connectivity index (χ1n) is 4.00. The van der Waals surface area contributed by atoms with Gasteiger partial charge in [-0.2, -0.15) is 5.26 Å². The number of nitriles is 1. The van der Waals surface area contributed by atoms with Gasteiger partial charge in [0.25, 0.3) is 0 Å². The number of methoxy groups -OCH3 is 1. The number of nitrogens with zero attached hydrogens (tertiary/aromatic N) is 1. The van der Waals surface area contributed by atoms with Gasteiger partial charge in [0.15, 0.2) is 5.75 Å². The lowest BCUT2D eigenvalue weighted by Gasteiger charge is -2.12. The Kier molecular flexibility index (Phi) is 5.84. The molecule has 86 valence electrons. The Morgan fingerprint density at radius 3 is 2.67 bits per heavy atom. The molecule has 0 aromatic carbocycles. The third-order valence-electron chi connectivity index (χ3n) is 1.52. The van der Waals surface area contributed by atoms with E-state index in [4.69, 9.17) is 15.1 Å². The lowest BCUT2D eigenvalue weighted by molar-refractivity contribution is -0.139. The second-order valence-corrected chi connectivity index (χ2v) is 4.53. The minimum atomic E-state index is -3.66. The van der Waals surface area contributed by atoms with Crippen LogP contribution in [-0.2, 0) is 19.6 Å². The number of aliphatic carboxylic acids is 1. The number of hydrogen-bond donors (Lipinski definition) is 2. The minimum Gasteiger partial charge on any atom is -0.481 e. The van der Waals surface area contributed by atoms with Crippen LogP contribution in [0.3, 0.4) is 0 Å². The van der Waals surface area contributed by atoms with Gasteiger partial charge in [-0.25, -0.2) is 13.1 Å². The average Bonchev–Trinajstić information content (AvgIpc) is 2.11. The molecule has 0 rings (SSSR count). The van der Waals surface area contributed by atoms with Gasteiger partial charge in [0.1, 0.15) is 0 Å². The van der Waals surface area contributed by atoms with E-state index in [0.717, 1.165) is 0 Å². The maximum atomic E-state index is 11.0. The molecule has 7 nitrogen and oxygen atoms in total. The van der Waals surface area contributed by atoms with Crippen LogP contribution >= 0.6 is 0 Å². The number of sulfonamides is 1. The number of carboxylic acid groups (broad SMARTS) is 1. The summed E-state index contributed by atoms with van der Waals surface area (Å²) >= 11 is 0. The lowest BCUT2D eigenvalue weighted by Crippen LogP contribution is -2.35. The molecule has 0 aromatic rings. The number of ether oxygens (including phenoxy) is 1. The minimum absolute atomic E-state index is 0.160. The summed E-state index contributed by atoms with van der Waals surface area (Å²) in [6.07, 6.45) is -1.04. The Morgan fingerprint density at radius 2 is 2.27 bits per heavy atom. The van der Waals surface area contributed by atoms with Crippen molar-refractivity contribution in [2.24, 2.45) is 0 Å². The molecule has 15 heavy (non-hydrogen) atoms. The highest BCUT2D eigenvalue weighted by atomic mass is 32.2. The number of hydrogen-bond acceptors (Lipinski definition) is 5. The van der Waals surface area contributed by atoms with Gasteiger partial charge in [-0.15, -0.1) is 0 Å². The van der Waals surface area contributed by atoms with E-state index in [2.05, 4.69) is 4.72 Å². The van der Waals surface area contributed by atoms with E-state index in [1.165, 1.54) is 13.2 Å². The summed E-state index contributed by atoms with van der Waals surface area (Å²) in [5.74, 6) is -1.74. The highest BCUT2D eigenvalue weighted by molar-refractivity contribution is 7.89. The summed E-state index contributed by atoms with van der Waals surface area (Å²) < 4.78 is 28.8. The summed E-state index contributed by atoms with van der Waals surface area (Å²) in [5, 5.41) is 16.6. The normalized spacial score (nSPS) is 13.1. The van der Waals surface area contributed by atoms with Gasteiger partial charge in [-0.1, -0.05) is 0 Å². The summed E-state index contributed by atoms with van der Waals surface area (Å²) in [7, 11) is -2.37. The Morgan fingerprint density at radius 1 is 1.67 bits per heavy atom. The molecule has 0 saturated heterocycles. The van der Waals surface area contributed by atoms with Gasteiger partial charge in [-0.3, -0.25) is 4.79 Å². The zero-order valence-corrected chi connectivity index (χ0v) is 8.95. The first-order chi connectivity index (χ1) is 6.91. The SMILES string of the molecule is COC(CNS(=O)(=O)CC#N)CC(=O)O. The molecule has 2 N–H and O–H groups in total. The molecule has 0 bridgehead atoms. The smallest absolute Gasteiger partial charge is 0.306 e. The summed E-state index contributed by atoms with van der Waals surface area (Å²) in [4.78, 5) is 10.3. The molecule has 0 aliphatic heterocycles. The van der Waals surface area contributed by atoms with Crippen molar-refractivity contribution in [3.63, 3.8) is 0 Å². The van der Waals surface area contributed by atoms with Crippen LogP contribution in [0.1, 0.15) is 6.42 Å². The van der Waals surface area contributed by atoms with Crippen molar-refractivity contribution < 1.29 is 23.1 Å². The van der Waals surface area contributed by atoms with Crippen molar-refractivity contribution in [2.75, 3.05) is 19.4 Å². The molecular formula is C7H12N2O5S. The van der Waals surface area contributed by atoms with E-state index >= 15 is 0 Å². The molecule has 0 aliphatic carbocycles. The third kappa shape index (κ3) is 6.84. The van der Waals surface area contributed by atoms with E-state index < -0.39 is 27.8 Å². The average molecular weight is 236 g/mol. The van der Waals surface area contributed by atoms with Crippen molar-refractivity contribution in [2.45, 2.75) is 12.5 Å². The third-order valence-corrected chi connectivity index (χ3v) is 2.64. The molecule has 0 saturated carbocycles. The molecule has 0 radical (unpaired) electrons. The zero-order chi connectivity index (χ0) is 11.9. The monoisotopic (exact) mass is 236 g/mol. The quantitative estimate of drug-likeness (QED) is 0.580. The molecular weight excluding hydrogens is 224 g/mol. The fourth-order valence-electron chi connectivity index (χ4n) is 0.790. The van der Waals surface area contributed by atoms with Gasteiger partial charge in [-0.05, 0) is 0 Å². The number of nitrogens with one attached hydrogen (secondary N) is 1. The maximum Gasteiger partial charge on any atom is 0.306 e. The summed E-state index contributed by atoms with van der Waals surface area (Å²) in [6.45, 7) is -0.160. The standard InChI is InChI=1S/C7H12N2O5S/c1-14-6(4-7(10)11)5-9-15(12,13)3-2-8/h6,9H,3-5H2,1H3,(H,10,11). The topological polar surface area (TPSA) is 116 Å². The lowest BCUT2D eigenvalue weighted by atomic mass is 10.2. The second kappa shape index (κ2) is 6.34. The number of carbonyl (C=O) groups is 1. The first-order valence-corrected chi connectivity index (χ1v) is 5.65. The van der Waals surface area contributed by atoms with Crippen LogP contribution in [-0.4, -0.2) is 45.0 Å². The Balaban J connectivity index is 4.12. The molecule has 0 spiro atoms. The van der Waals surface area contributed by atoms with E-state index in [9.17, 15) is 13.2 Å². The highest BCUT2D eigenvalue weighted by Gasteiger charge is 2.16. The fraction of sp³-hybridized carbons (Fsp3) is 0.714. The van der Waals surface area contributed by atoms with Crippen LogP contribution in [0, 0.1) is 11.3 Å². The maximum absolute atomic E-state index is 11.0. The van der Waals surface area contributed by atoms with Gasteiger partial charge in [0, 0.05) is 13.7 Å². The molecule has 0 heterocycles. The Hall–Kier alpha value is -1.17. The van der Waals surface area contributed by atoms with Gasteiger partial charge >= 0.3 is 5.97 Å². The molecule has 1 unspecified atom stereocenters. The predicted molar refractivity (Wildman–Crippen MR) is 50.5 cm³/mol. The Labute approximate surface area is 87.7 Å². The molecule has 0 aliphatic rings. The first kappa shape index (κ1) is 13.8. The zero-order valence-electron chi connectivity index (χ0n) is 8.13.